The fourth-order valence-electron chi connectivity index (χ4n) is 6.53. The van der Waals surface area contributed by atoms with Gasteiger partial charge in [0.25, 0.3) is 0 Å². The van der Waals surface area contributed by atoms with E-state index in [0.29, 0.717) is 12.8 Å². The van der Waals surface area contributed by atoms with E-state index in [0.717, 1.165) is 54.4 Å². The predicted octanol–water partition coefficient (Wildman–Crippen LogP) is 5.47. The van der Waals surface area contributed by atoms with Gasteiger partial charge in [0.15, 0.2) is 0 Å². The largest absolute Gasteiger partial charge is 0.463 e. The zero-order chi connectivity index (χ0) is 26.4. The van der Waals surface area contributed by atoms with Gasteiger partial charge in [-0.3, -0.25) is 4.79 Å². The Balaban J connectivity index is 1.49. The Morgan fingerprint density at radius 1 is 1.16 bits per heavy atom. The van der Waals surface area contributed by atoms with Crippen molar-refractivity contribution in [2.24, 2.45) is 11.3 Å². The molecule has 0 spiro atoms. The molecule has 2 fully saturated rings. The number of alkyl halides is 1. The maximum Gasteiger partial charge on any atom is 0.306 e. The van der Waals surface area contributed by atoms with E-state index in [-0.39, 0.29) is 48.2 Å². The third-order valence-corrected chi connectivity index (χ3v) is 9.03. The van der Waals surface area contributed by atoms with Crippen LogP contribution in [0.15, 0.2) is 48.5 Å². The Bertz CT molecular complexity index is 1040. The van der Waals surface area contributed by atoms with Crippen molar-refractivity contribution in [1.29, 1.82) is 0 Å². The van der Waals surface area contributed by atoms with Gasteiger partial charge in [-0.25, -0.2) is 0 Å². The third kappa shape index (κ3) is 6.57. The van der Waals surface area contributed by atoms with Crippen LogP contribution < -0.4 is 0 Å². The quantitative estimate of drug-likeness (QED) is 0.251. The Labute approximate surface area is 225 Å². The number of rotatable bonds is 12. The molecule has 5 nitrogen and oxygen atoms in total. The molecule has 0 radical (unpaired) electrons. The van der Waals surface area contributed by atoms with Gasteiger partial charge < -0.3 is 20.1 Å². The second-order valence-corrected chi connectivity index (χ2v) is 11.6. The van der Waals surface area contributed by atoms with E-state index in [2.05, 4.69) is 31.2 Å². The first-order valence-electron chi connectivity index (χ1n) is 13.8. The summed E-state index contributed by atoms with van der Waals surface area (Å²) in [7, 11) is 0. The molecule has 0 bridgehead atoms. The van der Waals surface area contributed by atoms with E-state index in [9.17, 15) is 15.0 Å². The molecule has 0 amide bonds. The molecule has 0 heterocycles. The molecule has 0 aromatic heterocycles. The number of carbonyl (C=O) groups is 1. The van der Waals surface area contributed by atoms with Crippen LogP contribution in [0.4, 0.5) is 0 Å². The van der Waals surface area contributed by atoms with Crippen LogP contribution in [0.2, 0.25) is 0 Å². The SMILES string of the molecule is CCCC1(C(O)c2cccc([C@@H]3[C@@H](Cc4cccc(CCC(=O)OCCO)c4)[C@H](Cl)C[C@H]3O)c2)CCC1. The summed E-state index contributed by atoms with van der Waals surface area (Å²) >= 11 is 6.82. The lowest BCUT2D eigenvalue weighted by Gasteiger charge is -2.46. The number of aliphatic hydroxyl groups is 3. The van der Waals surface area contributed by atoms with E-state index in [1.165, 1.54) is 6.42 Å². The summed E-state index contributed by atoms with van der Waals surface area (Å²) in [6.45, 7) is 2.04. The van der Waals surface area contributed by atoms with Gasteiger partial charge in [0.2, 0.25) is 0 Å². The third-order valence-electron chi connectivity index (χ3n) is 8.53. The van der Waals surface area contributed by atoms with Crippen LogP contribution in [-0.2, 0) is 22.4 Å². The van der Waals surface area contributed by atoms with Crippen LogP contribution >= 0.6 is 11.6 Å². The number of halogens is 1. The van der Waals surface area contributed by atoms with Gasteiger partial charge in [-0.15, -0.1) is 11.6 Å². The van der Waals surface area contributed by atoms with Gasteiger partial charge in [0, 0.05) is 23.1 Å². The molecule has 5 atom stereocenters. The molecule has 202 valence electrons. The molecular weight excluding hydrogens is 488 g/mol. The number of hydrogen-bond donors (Lipinski definition) is 3. The molecule has 4 rings (SSSR count). The van der Waals surface area contributed by atoms with Crippen molar-refractivity contribution in [2.75, 3.05) is 13.2 Å². The molecule has 2 aliphatic rings. The van der Waals surface area contributed by atoms with Gasteiger partial charge >= 0.3 is 5.97 Å². The molecule has 1 unspecified atom stereocenters. The maximum atomic E-state index is 11.8. The van der Waals surface area contributed by atoms with Crippen molar-refractivity contribution in [3.63, 3.8) is 0 Å². The van der Waals surface area contributed by atoms with Crippen molar-refractivity contribution in [3.8, 4) is 0 Å². The van der Waals surface area contributed by atoms with Crippen LogP contribution in [0.1, 0.15) is 86.1 Å². The number of aliphatic hydroxyl groups excluding tert-OH is 3. The first-order chi connectivity index (χ1) is 17.9. The number of ether oxygens (including phenoxy) is 1. The normalized spacial score (nSPS) is 25.4. The lowest BCUT2D eigenvalue weighted by atomic mass is 9.61. The van der Waals surface area contributed by atoms with Gasteiger partial charge in [-0.1, -0.05) is 68.3 Å². The number of esters is 1. The molecule has 37 heavy (non-hydrogen) atoms. The Morgan fingerprint density at radius 2 is 1.92 bits per heavy atom. The van der Waals surface area contributed by atoms with Crippen LogP contribution in [0.25, 0.3) is 0 Å². The van der Waals surface area contributed by atoms with Gasteiger partial charge in [-0.05, 0) is 66.7 Å². The van der Waals surface area contributed by atoms with E-state index in [1.54, 1.807) is 0 Å². The van der Waals surface area contributed by atoms with Crippen LogP contribution in [-0.4, -0.2) is 46.0 Å². The van der Waals surface area contributed by atoms with Crippen LogP contribution in [0, 0.1) is 11.3 Å². The molecular formula is C31H41ClO5. The highest BCUT2D eigenvalue weighted by atomic mass is 35.5. The predicted molar refractivity (Wildman–Crippen MR) is 146 cm³/mol. The van der Waals surface area contributed by atoms with Crippen molar-refractivity contribution in [2.45, 2.75) is 88.2 Å². The van der Waals surface area contributed by atoms with Crippen LogP contribution in [0.3, 0.4) is 0 Å². The van der Waals surface area contributed by atoms with E-state index in [4.69, 9.17) is 21.4 Å². The van der Waals surface area contributed by atoms with Crippen LogP contribution in [0.5, 0.6) is 0 Å². The van der Waals surface area contributed by atoms with E-state index in [1.807, 2.05) is 24.3 Å². The number of aryl methyl sites for hydroxylation is 1. The molecule has 2 aliphatic carbocycles. The second-order valence-electron chi connectivity index (χ2n) is 11.0. The van der Waals surface area contributed by atoms with Crippen molar-refractivity contribution < 1.29 is 24.9 Å². The van der Waals surface area contributed by atoms with E-state index >= 15 is 0 Å². The highest BCUT2D eigenvalue weighted by Crippen LogP contribution is 2.54. The Kier molecular flexibility index (Phi) is 9.68. The maximum absolute atomic E-state index is 11.8. The summed E-state index contributed by atoms with van der Waals surface area (Å²) in [5, 5.41) is 31.1. The summed E-state index contributed by atoms with van der Waals surface area (Å²) in [5.74, 6) is -0.360. The molecule has 0 saturated heterocycles. The second kappa shape index (κ2) is 12.8. The number of benzene rings is 2. The molecule has 2 saturated carbocycles. The van der Waals surface area contributed by atoms with Crippen molar-refractivity contribution >= 4 is 17.6 Å². The first kappa shape index (κ1) is 28.1. The average molecular weight is 529 g/mol. The number of hydrogen-bond acceptors (Lipinski definition) is 5. The molecule has 2 aromatic carbocycles. The molecule has 3 N–H and O–H groups in total. The standard InChI is InChI=1S/C31H41ClO5/c1-2-12-31(13-5-14-31)30(36)24-9-4-8-23(19-24)29-25(26(32)20-27(29)34)18-22-7-3-6-21(17-22)10-11-28(35)37-16-15-33/h3-4,6-9,17,19,25-27,29-30,33-34,36H,2,5,10-16,18,20H2,1H3/t25-,26+,27+,29+,30?/m0/s1. The zero-order valence-electron chi connectivity index (χ0n) is 21.8. The van der Waals surface area contributed by atoms with E-state index < -0.39 is 12.2 Å². The monoisotopic (exact) mass is 528 g/mol. The summed E-state index contributed by atoms with van der Waals surface area (Å²) in [5.41, 5.74) is 4.16. The highest BCUT2D eigenvalue weighted by Gasteiger charge is 2.45. The zero-order valence-corrected chi connectivity index (χ0v) is 22.6. The minimum Gasteiger partial charge on any atom is -0.463 e. The van der Waals surface area contributed by atoms with Crippen molar-refractivity contribution in [3.05, 3.63) is 70.8 Å². The summed E-state index contributed by atoms with van der Waals surface area (Å²) in [4.78, 5) is 11.8. The van der Waals surface area contributed by atoms with Crippen molar-refractivity contribution in [1.82, 2.24) is 0 Å². The molecule has 6 heteroatoms. The lowest BCUT2D eigenvalue weighted by Crippen LogP contribution is -2.36. The Morgan fingerprint density at radius 3 is 2.62 bits per heavy atom. The topological polar surface area (TPSA) is 87.0 Å². The highest BCUT2D eigenvalue weighted by molar-refractivity contribution is 6.21. The first-order valence-corrected chi connectivity index (χ1v) is 14.2. The van der Waals surface area contributed by atoms with Gasteiger partial charge in [0.1, 0.15) is 6.61 Å². The lowest BCUT2D eigenvalue weighted by molar-refractivity contribution is -0.144. The number of carbonyl (C=O) groups excluding carboxylic acids is 1. The minimum atomic E-state index is -0.530. The minimum absolute atomic E-state index is 0.0129. The average Bonchev–Trinajstić information content (AvgIpc) is 3.15. The Hall–Kier alpha value is -1.92. The van der Waals surface area contributed by atoms with Gasteiger partial charge in [-0.2, -0.15) is 0 Å². The summed E-state index contributed by atoms with van der Waals surface area (Å²) in [6, 6.07) is 16.4. The fraction of sp³-hybridized carbons (Fsp3) is 0.581. The summed E-state index contributed by atoms with van der Waals surface area (Å²) < 4.78 is 4.96. The fourth-order valence-corrected chi connectivity index (χ4v) is 6.96. The van der Waals surface area contributed by atoms with Gasteiger partial charge in [0.05, 0.1) is 18.8 Å². The smallest absolute Gasteiger partial charge is 0.306 e. The molecule has 2 aromatic rings. The molecule has 0 aliphatic heterocycles. The summed E-state index contributed by atoms with van der Waals surface area (Å²) in [6.07, 6.45) is 6.51.